The Balaban J connectivity index is 2.15. The first-order chi connectivity index (χ1) is 10.3. The zero-order valence-corrected chi connectivity index (χ0v) is 13.2. The van der Waals surface area contributed by atoms with Crippen molar-refractivity contribution in [2.24, 2.45) is 5.73 Å². The highest BCUT2D eigenvalue weighted by molar-refractivity contribution is 5.67. The summed E-state index contributed by atoms with van der Waals surface area (Å²) in [6.07, 6.45) is 1.20. The first-order valence-electron chi connectivity index (χ1n) is 7.88. The normalized spacial score (nSPS) is 11.0. The molecule has 2 aromatic carbocycles. The average Bonchev–Trinajstić information content (AvgIpc) is 2.55. The Bertz CT molecular complexity index is 546. The van der Waals surface area contributed by atoms with E-state index < -0.39 is 0 Å². The van der Waals surface area contributed by atoms with Crippen LogP contribution < -0.4 is 5.73 Å². The number of hydrogen-bond acceptors (Lipinski definition) is 2. The van der Waals surface area contributed by atoms with Gasteiger partial charge in [0, 0.05) is 13.1 Å². The van der Waals surface area contributed by atoms with Gasteiger partial charge in [-0.2, -0.15) is 0 Å². The average molecular weight is 282 g/mol. The lowest BCUT2D eigenvalue weighted by Crippen LogP contribution is -2.23. The zero-order valence-electron chi connectivity index (χ0n) is 13.2. The Morgan fingerprint density at radius 3 is 2.29 bits per heavy atom. The molecule has 0 spiro atoms. The molecule has 0 atom stereocenters. The van der Waals surface area contributed by atoms with Gasteiger partial charge in [0.1, 0.15) is 0 Å². The van der Waals surface area contributed by atoms with Gasteiger partial charge in [0.05, 0.1) is 0 Å². The van der Waals surface area contributed by atoms with E-state index in [1.165, 1.54) is 28.7 Å². The van der Waals surface area contributed by atoms with Crippen LogP contribution in [0.3, 0.4) is 0 Å². The summed E-state index contributed by atoms with van der Waals surface area (Å²) >= 11 is 0. The van der Waals surface area contributed by atoms with Crippen molar-refractivity contribution in [3.8, 4) is 11.1 Å². The molecule has 0 aliphatic carbocycles. The largest absolute Gasteiger partial charge is 0.326 e. The maximum atomic E-state index is 5.83. The third-order valence-electron chi connectivity index (χ3n) is 3.90. The van der Waals surface area contributed by atoms with Crippen molar-refractivity contribution in [3.63, 3.8) is 0 Å². The molecule has 0 radical (unpaired) electrons. The van der Waals surface area contributed by atoms with Crippen molar-refractivity contribution < 1.29 is 0 Å². The summed E-state index contributed by atoms with van der Waals surface area (Å²) in [5, 5.41) is 0. The molecule has 0 amide bonds. The fourth-order valence-corrected chi connectivity index (χ4v) is 2.69. The van der Waals surface area contributed by atoms with Gasteiger partial charge in [0.25, 0.3) is 0 Å². The molecule has 2 nitrogen and oxygen atoms in total. The fourth-order valence-electron chi connectivity index (χ4n) is 2.69. The summed E-state index contributed by atoms with van der Waals surface area (Å²) in [6, 6.07) is 17.3. The van der Waals surface area contributed by atoms with Crippen LogP contribution >= 0.6 is 0 Å². The van der Waals surface area contributed by atoms with Gasteiger partial charge in [-0.3, -0.25) is 4.90 Å². The summed E-state index contributed by atoms with van der Waals surface area (Å²) in [5.74, 6) is 0. The van der Waals surface area contributed by atoms with Gasteiger partial charge in [0.15, 0.2) is 0 Å². The second-order valence-electron chi connectivity index (χ2n) is 5.43. The van der Waals surface area contributed by atoms with E-state index in [1.54, 1.807) is 0 Å². The van der Waals surface area contributed by atoms with Crippen LogP contribution in [0.2, 0.25) is 0 Å². The Labute approximate surface area is 128 Å². The minimum absolute atomic E-state index is 0.581. The van der Waals surface area contributed by atoms with Crippen molar-refractivity contribution in [2.45, 2.75) is 33.4 Å². The molecule has 0 unspecified atom stereocenters. The molecule has 0 saturated heterocycles. The second-order valence-corrected chi connectivity index (χ2v) is 5.43. The number of hydrogen-bond donors (Lipinski definition) is 1. The van der Waals surface area contributed by atoms with Crippen LogP contribution in [0.4, 0.5) is 0 Å². The molecule has 0 aliphatic rings. The molecule has 2 rings (SSSR count). The molecule has 112 valence electrons. The van der Waals surface area contributed by atoms with E-state index >= 15 is 0 Å². The highest BCUT2D eigenvalue weighted by atomic mass is 15.1. The molecular weight excluding hydrogens is 256 g/mol. The first-order valence-corrected chi connectivity index (χ1v) is 7.88. The van der Waals surface area contributed by atoms with E-state index in [4.69, 9.17) is 5.73 Å². The van der Waals surface area contributed by atoms with Crippen LogP contribution in [0.25, 0.3) is 11.1 Å². The van der Waals surface area contributed by atoms with E-state index in [0.29, 0.717) is 6.54 Å². The Kier molecular flexibility index (Phi) is 5.97. The summed E-state index contributed by atoms with van der Waals surface area (Å²) in [5.41, 5.74) is 10.9. The van der Waals surface area contributed by atoms with E-state index in [0.717, 1.165) is 19.6 Å². The summed E-state index contributed by atoms with van der Waals surface area (Å²) < 4.78 is 0. The quantitative estimate of drug-likeness (QED) is 0.830. The van der Waals surface area contributed by atoms with Gasteiger partial charge >= 0.3 is 0 Å². The minimum atomic E-state index is 0.581. The lowest BCUT2D eigenvalue weighted by atomic mass is 9.98. The van der Waals surface area contributed by atoms with Crippen LogP contribution in [-0.4, -0.2) is 18.0 Å². The van der Waals surface area contributed by atoms with E-state index in [1.807, 2.05) is 6.07 Å². The number of nitrogens with two attached hydrogens (primary N) is 1. The Hall–Kier alpha value is -1.64. The monoisotopic (exact) mass is 282 g/mol. The smallest absolute Gasteiger partial charge is 0.0233 e. The van der Waals surface area contributed by atoms with Crippen molar-refractivity contribution >= 4 is 0 Å². The molecule has 0 bridgehead atoms. The Morgan fingerprint density at radius 2 is 1.67 bits per heavy atom. The van der Waals surface area contributed by atoms with Gasteiger partial charge < -0.3 is 5.73 Å². The molecule has 0 heterocycles. The van der Waals surface area contributed by atoms with E-state index in [9.17, 15) is 0 Å². The SMILES string of the molecule is CCCN(CC)Cc1ccc(-c2ccccc2CN)cc1. The summed E-state index contributed by atoms with van der Waals surface area (Å²) in [7, 11) is 0. The Morgan fingerprint density at radius 1 is 0.952 bits per heavy atom. The third-order valence-corrected chi connectivity index (χ3v) is 3.90. The molecule has 0 fully saturated rings. The standard InChI is InChI=1S/C19H26N2/c1-3-13-21(4-2)15-16-9-11-17(12-10-16)19-8-6-5-7-18(19)14-20/h5-12H,3-4,13-15,20H2,1-2H3. The van der Waals surface area contributed by atoms with Gasteiger partial charge in [0.2, 0.25) is 0 Å². The van der Waals surface area contributed by atoms with Gasteiger partial charge in [-0.15, -0.1) is 0 Å². The number of rotatable bonds is 7. The third kappa shape index (κ3) is 4.16. The van der Waals surface area contributed by atoms with Crippen LogP contribution in [-0.2, 0) is 13.1 Å². The minimum Gasteiger partial charge on any atom is -0.326 e. The first kappa shape index (κ1) is 15.7. The lowest BCUT2D eigenvalue weighted by Gasteiger charge is -2.19. The van der Waals surface area contributed by atoms with E-state index in [2.05, 4.69) is 61.2 Å². The van der Waals surface area contributed by atoms with Crippen LogP contribution in [0.1, 0.15) is 31.4 Å². The molecule has 0 aliphatic heterocycles. The van der Waals surface area contributed by atoms with Crippen LogP contribution in [0.5, 0.6) is 0 Å². The topological polar surface area (TPSA) is 29.3 Å². The highest BCUT2D eigenvalue weighted by Gasteiger charge is 2.05. The lowest BCUT2D eigenvalue weighted by molar-refractivity contribution is 0.280. The molecular formula is C19H26N2. The highest BCUT2D eigenvalue weighted by Crippen LogP contribution is 2.24. The maximum absolute atomic E-state index is 5.83. The molecule has 2 heteroatoms. The number of benzene rings is 2. The van der Waals surface area contributed by atoms with Crippen molar-refractivity contribution in [1.29, 1.82) is 0 Å². The van der Waals surface area contributed by atoms with Crippen molar-refractivity contribution in [1.82, 2.24) is 4.90 Å². The zero-order chi connectivity index (χ0) is 15.1. The van der Waals surface area contributed by atoms with Crippen molar-refractivity contribution in [3.05, 3.63) is 59.7 Å². The van der Waals surface area contributed by atoms with Gasteiger partial charge in [-0.05, 0) is 41.8 Å². The molecule has 2 aromatic rings. The molecule has 2 N–H and O–H groups in total. The number of nitrogens with zero attached hydrogens (tertiary/aromatic N) is 1. The predicted octanol–water partition coefficient (Wildman–Crippen LogP) is 4.04. The van der Waals surface area contributed by atoms with Gasteiger partial charge in [-0.1, -0.05) is 62.4 Å². The summed E-state index contributed by atoms with van der Waals surface area (Å²) in [6.45, 7) is 8.33. The summed E-state index contributed by atoms with van der Waals surface area (Å²) in [4.78, 5) is 2.48. The second kappa shape index (κ2) is 7.96. The van der Waals surface area contributed by atoms with Gasteiger partial charge in [-0.25, -0.2) is 0 Å². The fraction of sp³-hybridized carbons (Fsp3) is 0.368. The maximum Gasteiger partial charge on any atom is 0.0233 e. The predicted molar refractivity (Wildman–Crippen MR) is 91.0 cm³/mol. The van der Waals surface area contributed by atoms with E-state index in [-0.39, 0.29) is 0 Å². The van der Waals surface area contributed by atoms with Crippen LogP contribution in [0.15, 0.2) is 48.5 Å². The van der Waals surface area contributed by atoms with Crippen molar-refractivity contribution in [2.75, 3.05) is 13.1 Å². The molecule has 21 heavy (non-hydrogen) atoms. The molecule has 0 aromatic heterocycles. The molecule has 0 saturated carbocycles. The van der Waals surface area contributed by atoms with Crippen LogP contribution in [0, 0.1) is 0 Å².